The van der Waals surface area contributed by atoms with Crippen LogP contribution in [0.5, 0.6) is 0 Å². The molecular weight excluding hydrogens is 140 g/mol. The lowest BCUT2D eigenvalue weighted by Crippen LogP contribution is -1.80. The second kappa shape index (κ2) is 1.72. The van der Waals surface area contributed by atoms with Crippen molar-refractivity contribution in [3.63, 3.8) is 0 Å². The fourth-order valence-corrected chi connectivity index (χ4v) is 1.11. The Bertz CT molecular complexity index is 233. The molecule has 4 heteroatoms. The minimum absolute atomic E-state index is 0.544. The number of aromatic nitrogens is 2. The number of hydrogen-bond donors (Lipinski definition) is 1. The quantitative estimate of drug-likeness (QED) is 0.592. The summed E-state index contributed by atoms with van der Waals surface area (Å²) in [5.41, 5.74) is 2.02. The summed E-state index contributed by atoms with van der Waals surface area (Å²) >= 11 is 5.66. The number of halogens is 1. The standard InChI is InChI=1S/C5H5ClN2O/c6-5-3-1-9-2-4(3)7-8-5/h1-2H2,(H,7,8). The fourth-order valence-electron chi connectivity index (χ4n) is 0.897. The van der Waals surface area contributed by atoms with Crippen LogP contribution in [0, 0.1) is 0 Å². The van der Waals surface area contributed by atoms with E-state index in [9.17, 15) is 0 Å². The fraction of sp³-hybridized carbons (Fsp3) is 0.400. The Balaban J connectivity index is 2.56. The average molecular weight is 145 g/mol. The smallest absolute Gasteiger partial charge is 0.156 e. The van der Waals surface area contributed by atoms with E-state index in [4.69, 9.17) is 16.3 Å². The van der Waals surface area contributed by atoms with Crippen LogP contribution in [0.1, 0.15) is 11.3 Å². The van der Waals surface area contributed by atoms with Crippen molar-refractivity contribution in [2.45, 2.75) is 13.2 Å². The molecule has 0 spiro atoms. The normalized spacial score (nSPS) is 16.1. The SMILES string of the molecule is Clc1n[nH]c2c1COC2. The van der Waals surface area contributed by atoms with Crippen LogP contribution < -0.4 is 0 Å². The van der Waals surface area contributed by atoms with E-state index in [1.165, 1.54) is 0 Å². The second-order valence-corrected chi connectivity index (χ2v) is 2.32. The van der Waals surface area contributed by atoms with Gasteiger partial charge in [0.05, 0.1) is 18.9 Å². The van der Waals surface area contributed by atoms with Gasteiger partial charge in [0.1, 0.15) is 0 Å². The van der Waals surface area contributed by atoms with Crippen molar-refractivity contribution >= 4 is 11.6 Å². The lowest BCUT2D eigenvalue weighted by molar-refractivity contribution is 0.131. The maximum Gasteiger partial charge on any atom is 0.156 e. The molecule has 48 valence electrons. The van der Waals surface area contributed by atoms with E-state index < -0.39 is 0 Å². The van der Waals surface area contributed by atoms with Gasteiger partial charge in [-0.25, -0.2) is 0 Å². The van der Waals surface area contributed by atoms with Gasteiger partial charge >= 0.3 is 0 Å². The van der Waals surface area contributed by atoms with Crippen molar-refractivity contribution in [3.8, 4) is 0 Å². The molecule has 0 saturated heterocycles. The maximum atomic E-state index is 5.66. The number of nitrogens with one attached hydrogen (secondary N) is 1. The molecule has 0 aromatic carbocycles. The highest BCUT2D eigenvalue weighted by atomic mass is 35.5. The highest BCUT2D eigenvalue weighted by molar-refractivity contribution is 6.30. The zero-order chi connectivity index (χ0) is 6.27. The van der Waals surface area contributed by atoms with Crippen LogP contribution in [0.25, 0.3) is 0 Å². The molecule has 0 fully saturated rings. The Kier molecular flexibility index (Phi) is 1.00. The Labute approximate surface area is 57.0 Å². The molecule has 0 saturated carbocycles. The van der Waals surface area contributed by atoms with E-state index >= 15 is 0 Å². The highest BCUT2D eigenvalue weighted by Gasteiger charge is 2.16. The molecule has 1 aliphatic heterocycles. The minimum atomic E-state index is 0.544. The zero-order valence-corrected chi connectivity index (χ0v) is 5.40. The van der Waals surface area contributed by atoms with Crippen LogP contribution in [-0.4, -0.2) is 10.2 Å². The molecule has 0 unspecified atom stereocenters. The van der Waals surface area contributed by atoms with E-state index in [1.807, 2.05) is 0 Å². The van der Waals surface area contributed by atoms with Gasteiger partial charge in [-0.1, -0.05) is 11.6 Å². The molecule has 2 heterocycles. The maximum absolute atomic E-state index is 5.66. The Morgan fingerprint density at radius 3 is 3.22 bits per heavy atom. The van der Waals surface area contributed by atoms with Crippen LogP contribution in [0.2, 0.25) is 5.15 Å². The number of ether oxygens (including phenoxy) is 1. The van der Waals surface area contributed by atoms with Crippen molar-refractivity contribution in [2.75, 3.05) is 0 Å². The van der Waals surface area contributed by atoms with Gasteiger partial charge in [-0.15, -0.1) is 0 Å². The molecule has 1 aromatic rings. The average Bonchev–Trinajstić information content (AvgIpc) is 2.35. The predicted octanol–water partition coefficient (Wildman–Crippen LogP) is 1.09. The zero-order valence-electron chi connectivity index (χ0n) is 4.65. The van der Waals surface area contributed by atoms with Crippen LogP contribution in [0.3, 0.4) is 0 Å². The summed E-state index contributed by atoms with van der Waals surface area (Å²) in [5.74, 6) is 0. The van der Waals surface area contributed by atoms with Gasteiger partial charge in [0.15, 0.2) is 5.15 Å². The number of rotatable bonds is 0. The van der Waals surface area contributed by atoms with Crippen molar-refractivity contribution < 1.29 is 4.74 Å². The van der Waals surface area contributed by atoms with E-state index in [1.54, 1.807) is 0 Å². The number of H-pyrrole nitrogens is 1. The molecule has 2 rings (SSSR count). The molecule has 0 radical (unpaired) electrons. The second-order valence-electron chi connectivity index (χ2n) is 1.96. The summed E-state index contributed by atoms with van der Waals surface area (Å²) in [6.45, 7) is 1.22. The molecular formula is C5H5ClN2O. The van der Waals surface area contributed by atoms with Gasteiger partial charge in [-0.05, 0) is 0 Å². The summed E-state index contributed by atoms with van der Waals surface area (Å²) in [5, 5.41) is 7.12. The van der Waals surface area contributed by atoms with Gasteiger partial charge in [-0.2, -0.15) is 5.10 Å². The number of aromatic amines is 1. The summed E-state index contributed by atoms with van der Waals surface area (Å²) in [6, 6.07) is 0. The molecule has 9 heavy (non-hydrogen) atoms. The summed E-state index contributed by atoms with van der Waals surface area (Å²) in [4.78, 5) is 0. The van der Waals surface area contributed by atoms with Gasteiger partial charge in [0, 0.05) is 5.56 Å². The third-order valence-corrected chi connectivity index (χ3v) is 1.71. The molecule has 1 aliphatic rings. The highest BCUT2D eigenvalue weighted by Crippen LogP contribution is 2.23. The topological polar surface area (TPSA) is 37.9 Å². The molecule has 1 aromatic heterocycles. The largest absolute Gasteiger partial charge is 0.370 e. The lowest BCUT2D eigenvalue weighted by Gasteiger charge is -1.84. The molecule has 0 atom stereocenters. The van der Waals surface area contributed by atoms with Crippen LogP contribution >= 0.6 is 11.6 Å². The van der Waals surface area contributed by atoms with Gasteiger partial charge < -0.3 is 4.74 Å². The molecule has 0 aliphatic carbocycles. The van der Waals surface area contributed by atoms with Crippen LogP contribution in [0.4, 0.5) is 0 Å². The minimum Gasteiger partial charge on any atom is -0.370 e. The first-order valence-electron chi connectivity index (χ1n) is 2.67. The monoisotopic (exact) mass is 144 g/mol. The first kappa shape index (κ1) is 5.26. The van der Waals surface area contributed by atoms with E-state index in [0.29, 0.717) is 18.4 Å². The Morgan fingerprint density at radius 2 is 2.44 bits per heavy atom. The molecule has 1 N–H and O–H groups in total. The van der Waals surface area contributed by atoms with Gasteiger partial charge in [-0.3, -0.25) is 5.10 Å². The Morgan fingerprint density at radius 1 is 1.56 bits per heavy atom. The van der Waals surface area contributed by atoms with Crippen molar-refractivity contribution in [1.82, 2.24) is 10.2 Å². The lowest BCUT2D eigenvalue weighted by atomic mass is 10.3. The van der Waals surface area contributed by atoms with E-state index in [2.05, 4.69) is 10.2 Å². The third-order valence-electron chi connectivity index (χ3n) is 1.40. The number of nitrogens with zero attached hydrogens (tertiary/aromatic N) is 1. The molecule has 0 amide bonds. The van der Waals surface area contributed by atoms with Crippen LogP contribution in [0.15, 0.2) is 0 Å². The van der Waals surface area contributed by atoms with Crippen molar-refractivity contribution in [3.05, 3.63) is 16.4 Å². The van der Waals surface area contributed by atoms with Crippen molar-refractivity contribution in [1.29, 1.82) is 0 Å². The summed E-state index contributed by atoms with van der Waals surface area (Å²) in [7, 11) is 0. The Hall–Kier alpha value is -0.540. The number of hydrogen-bond acceptors (Lipinski definition) is 2. The van der Waals surface area contributed by atoms with Crippen LogP contribution in [-0.2, 0) is 18.0 Å². The van der Waals surface area contributed by atoms with E-state index in [0.717, 1.165) is 11.3 Å². The van der Waals surface area contributed by atoms with Crippen molar-refractivity contribution in [2.24, 2.45) is 0 Å². The van der Waals surface area contributed by atoms with E-state index in [-0.39, 0.29) is 0 Å². The first-order chi connectivity index (χ1) is 4.38. The first-order valence-corrected chi connectivity index (χ1v) is 3.05. The third kappa shape index (κ3) is 0.653. The molecule has 3 nitrogen and oxygen atoms in total. The summed E-state index contributed by atoms with van der Waals surface area (Å²) < 4.78 is 5.08. The van der Waals surface area contributed by atoms with Gasteiger partial charge in [0.2, 0.25) is 0 Å². The predicted molar refractivity (Wildman–Crippen MR) is 32.1 cm³/mol. The summed E-state index contributed by atoms with van der Waals surface area (Å²) in [6.07, 6.45) is 0. The number of fused-ring (bicyclic) bond motifs is 1. The molecule has 0 bridgehead atoms. The van der Waals surface area contributed by atoms with Gasteiger partial charge in [0.25, 0.3) is 0 Å².